The van der Waals surface area contributed by atoms with Crippen molar-refractivity contribution in [1.82, 2.24) is 15.5 Å². The zero-order valence-corrected chi connectivity index (χ0v) is 12.2. The Morgan fingerprint density at radius 3 is 2.85 bits per heavy atom. The fourth-order valence-electron chi connectivity index (χ4n) is 3.08. The molecule has 1 unspecified atom stereocenters. The summed E-state index contributed by atoms with van der Waals surface area (Å²) < 4.78 is 0. The van der Waals surface area contributed by atoms with Crippen LogP contribution < -0.4 is 10.6 Å². The van der Waals surface area contributed by atoms with Crippen LogP contribution in [0.15, 0.2) is 24.3 Å². The molecule has 0 saturated carbocycles. The zero-order valence-electron chi connectivity index (χ0n) is 11.4. The van der Waals surface area contributed by atoms with Crippen molar-refractivity contribution in [3.63, 3.8) is 0 Å². The summed E-state index contributed by atoms with van der Waals surface area (Å²) in [6.45, 7) is 4.19. The van der Waals surface area contributed by atoms with Crippen molar-refractivity contribution in [1.29, 1.82) is 0 Å². The van der Waals surface area contributed by atoms with Crippen LogP contribution in [0.1, 0.15) is 18.0 Å². The number of rotatable bonds is 2. The molecule has 0 radical (unpaired) electrons. The molecule has 0 aliphatic carbocycles. The normalized spacial score (nSPS) is 26.8. The average Bonchev–Trinajstić information content (AvgIpc) is 3.01. The number of hydrogen-bond donors (Lipinski definition) is 2. The SMILES string of the molecule is O=C([C@H]1CCNC1)N1CCNCC1c1cccc(Cl)c1. The maximum atomic E-state index is 12.7. The van der Waals surface area contributed by atoms with Crippen molar-refractivity contribution in [2.24, 2.45) is 5.92 Å². The van der Waals surface area contributed by atoms with Crippen molar-refractivity contribution in [3.05, 3.63) is 34.9 Å². The molecule has 2 fully saturated rings. The maximum absolute atomic E-state index is 12.7. The first-order valence-corrected chi connectivity index (χ1v) is 7.61. The van der Waals surface area contributed by atoms with E-state index in [4.69, 9.17) is 11.6 Å². The van der Waals surface area contributed by atoms with Gasteiger partial charge in [-0.2, -0.15) is 0 Å². The first kappa shape index (κ1) is 13.9. The summed E-state index contributed by atoms with van der Waals surface area (Å²) in [6.07, 6.45) is 0.949. The van der Waals surface area contributed by atoms with Gasteiger partial charge in [-0.05, 0) is 30.7 Å². The summed E-state index contributed by atoms with van der Waals surface area (Å²) in [7, 11) is 0. The van der Waals surface area contributed by atoms with E-state index in [0.29, 0.717) is 0 Å². The minimum atomic E-state index is 0.0931. The molecule has 1 aromatic carbocycles. The van der Waals surface area contributed by atoms with Crippen LogP contribution >= 0.6 is 11.6 Å². The van der Waals surface area contributed by atoms with Crippen LogP contribution in [0.2, 0.25) is 5.02 Å². The summed E-state index contributed by atoms with van der Waals surface area (Å²) in [5.41, 5.74) is 1.11. The Hall–Kier alpha value is -1.10. The molecule has 0 bridgehead atoms. The molecule has 1 amide bonds. The molecule has 2 N–H and O–H groups in total. The highest BCUT2D eigenvalue weighted by molar-refractivity contribution is 6.30. The van der Waals surface area contributed by atoms with Crippen LogP contribution in [0.4, 0.5) is 0 Å². The van der Waals surface area contributed by atoms with Gasteiger partial charge in [0.2, 0.25) is 5.91 Å². The quantitative estimate of drug-likeness (QED) is 0.867. The van der Waals surface area contributed by atoms with E-state index in [0.717, 1.165) is 49.7 Å². The lowest BCUT2D eigenvalue weighted by molar-refractivity contribution is -0.138. The predicted octanol–water partition coefficient (Wildman–Crippen LogP) is 1.42. The number of benzene rings is 1. The molecule has 0 aromatic heterocycles. The highest BCUT2D eigenvalue weighted by Gasteiger charge is 2.33. The highest BCUT2D eigenvalue weighted by atomic mass is 35.5. The Morgan fingerprint density at radius 1 is 1.25 bits per heavy atom. The molecule has 20 heavy (non-hydrogen) atoms. The van der Waals surface area contributed by atoms with Crippen molar-refractivity contribution >= 4 is 17.5 Å². The number of piperazine rings is 1. The highest BCUT2D eigenvalue weighted by Crippen LogP contribution is 2.27. The van der Waals surface area contributed by atoms with Gasteiger partial charge in [0.05, 0.1) is 12.0 Å². The van der Waals surface area contributed by atoms with E-state index >= 15 is 0 Å². The molecule has 1 aromatic rings. The van der Waals surface area contributed by atoms with E-state index < -0.39 is 0 Å². The summed E-state index contributed by atoms with van der Waals surface area (Å²) >= 11 is 6.08. The van der Waals surface area contributed by atoms with Crippen LogP contribution in [0.3, 0.4) is 0 Å². The fraction of sp³-hybridized carbons (Fsp3) is 0.533. The van der Waals surface area contributed by atoms with Crippen LogP contribution in [-0.2, 0) is 4.79 Å². The summed E-state index contributed by atoms with van der Waals surface area (Å²) in [5.74, 6) is 0.413. The van der Waals surface area contributed by atoms with E-state index in [2.05, 4.69) is 16.7 Å². The van der Waals surface area contributed by atoms with Crippen LogP contribution in [-0.4, -0.2) is 43.5 Å². The first-order valence-electron chi connectivity index (χ1n) is 7.23. The molecule has 4 nitrogen and oxygen atoms in total. The first-order chi connectivity index (χ1) is 9.75. The number of hydrogen-bond acceptors (Lipinski definition) is 3. The summed E-state index contributed by atoms with van der Waals surface area (Å²) in [5, 5.41) is 7.37. The largest absolute Gasteiger partial charge is 0.333 e. The molecular weight excluding hydrogens is 274 g/mol. The molecule has 2 aliphatic rings. The third-order valence-electron chi connectivity index (χ3n) is 4.17. The molecule has 5 heteroatoms. The van der Waals surface area contributed by atoms with E-state index in [1.54, 1.807) is 0 Å². The number of carbonyl (C=O) groups excluding carboxylic acids is 1. The lowest BCUT2D eigenvalue weighted by Gasteiger charge is -2.38. The number of nitrogens with one attached hydrogen (secondary N) is 2. The Bertz CT molecular complexity index is 488. The molecule has 2 atom stereocenters. The van der Waals surface area contributed by atoms with E-state index in [9.17, 15) is 4.79 Å². The van der Waals surface area contributed by atoms with Gasteiger partial charge in [-0.25, -0.2) is 0 Å². The second-order valence-corrected chi connectivity index (χ2v) is 5.93. The van der Waals surface area contributed by atoms with Gasteiger partial charge >= 0.3 is 0 Å². The third kappa shape index (κ3) is 2.82. The minimum absolute atomic E-state index is 0.0931. The number of nitrogens with zero attached hydrogens (tertiary/aromatic N) is 1. The van der Waals surface area contributed by atoms with Gasteiger partial charge in [-0.15, -0.1) is 0 Å². The van der Waals surface area contributed by atoms with Crippen molar-refractivity contribution in [2.75, 3.05) is 32.7 Å². The van der Waals surface area contributed by atoms with Crippen LogP contribution in [0.25, 0.3) is 0 Å². The second-order valence-electron chi connectivity index (χ2n) is 5.50. The van der Waals surface area contributed by atoms with E-state index in [1.807, 2.05) is 23.1 Å². The minimum Gasteiger partial charge on any atom is -0.333 e. The van der Waals surface area contributed by atoms with Crippen LogP contribution in [0.5, 0.6) is 0 Å². The standard InChI is InChI=1S/C15H20ClN3O/c16-13-3-1-2-11(8-13)14-10-18-6-7-19(14)15(20)12-4-5-17-9-12/h1-3,8,12,14,17-18H,4-7,9-10H2/t12-,14?/m0/s1. The zero-order chi connectivity index (χ0) is 13.9. The average molecular weight is 294 g/mol. The van der Waals surface area contributed by atoms with Gasteiger partial charge in [0.15, 0.2) is 0 Å². The van der Waals surface area contributed by atoms with E-state index in [-0.39, 0.29) is 17.9 Å². The fourth-order valence-corrected chi connectivity index (χ4v) is 3.28. The second kappa shape index (κ2) is 6.12. The molecule has 3 rings (SSSR count). The van der Waals surface area contributed by atoms with Gasteiger partial charge in [-0.3, -0.25) is 4.79 Å². The van der Waals surface area contributed by atoms with Gasteiger partial charge < -0.3 is 15.5 Å². The van der Waals surface area contributed by atoms with Crippen molar-refractivity contribution in [2.45, 2.75) is 12.5 Å². The number of amides is 1. The Kier molecular flexibility index (Phi) is 4.24. The smallest absolute Gasteiger partial charge is 0.227 e. The van der Waals surface area contributed by atoms with Crippen LogP contribution in [0, 0.1) is 5.92 Å². The predicted molar refractivity (Wildman–Crippen MR) is 79.8 cm³/mol. The van der Waals surface area contributed by atoms with Gasteiger partial charge in [0.25, 0.3) is 0 Å². The van der Waals surface area contributed by atoms with Gasteiger partial charge in [0, 0.05) is 31.2 Å². The maximum Gasteiger partial charge on any atom is 0.227 e. The molecule has 2 aliphatic heterocycles. The monoisotopic (exact) mass is 293 g/mol. The Balaban J connectivity index is 1.81. The third-order valence-corrected chi connectivity index (χ3v) is 4.40. The summed E-state index contributed by atoms with van der Waals surface area (Å²) in [6, 6.07) is 7.93. The summed E-state index contributed by atoms with van der Waals surface area (Å²) in [4.78, 5) is 14.7. The molecule has 2 heterocycles. The van der Waals surface area contributed by atoms with Gasteiger partial charge in [-0.1, -0.05) is 23.7 Å². The van der Waals surface area contributed by atoms with E-state index in [1.165, 1.54) is 0 Å². The number of carbonyl (C=O) groups is 1. The van der Waals surface area contributed by atoms with Crippen molar-refractivity contribution < 1.29 is 4.79 Å². The molecule has 2 saturated heterocycles. The number of halogens is 1. The Labute approximate surface area is 124 Å². The topological polar surface area (TPSA) is 44.4 Å². The lowest BCUT2D eigenvalue weighted by Crippen LogP contribution is -2.50. The molecule has 0 spiro atoms. The van der Waals surface area contributed by atoms with Crippen molar-refractivity contribution in [3.8, 4) is 0 Å². The molecule has 108 valence electrons. The molecular formula is C15H20ClN3O. The Morgan fingerprint density at radius 2 is 2.10 bits per heavy atom. The lowest BCUT2D eigenvalue weighted by atomic mass is 10.00. The van der Waals surface area contributed by atoms with Gasteiger partial charge in [0.1, 0.15) is 0 Å².